The third-order valence-electron chi connectivity index (χ3n) is 11.5. The molecular formula is C46H54Cl2Si2Zr2. The normalized spacial score (nSPS) is 20.0. The zero-order valence-corrected chi connectivity index (χ0v) is 40.8. The predicted octanol–water partition coefficient (Wildman–Crippen LogP) is 6.31. The molecule has 0 N–H and O–H groups in total. The number of benzene rings is 4. The minimum absolute atomic E-state index is 0. The van der Waals surface area contributed by atoms with Crippen molar-refractivity contribution in [1.29, 1.82) is 0 Å². The topological polar surface area (TPSA) is 0 Å². The van der Waals surface area contributed by atoms with Gasteiger partial charge in [-0.25, -0.2) is 0 Å². The van der Waals surface area contributed by atoms with E-state index in [1.807, 2.05) is 0 Å². The first-order valence-corrected chi connectivity index (χ1v) is 39.0. The molecule has 4 unspecified atom stereocenters. The first kappa shape index (κ1) is 41.8. The van der Waals surface area contributed by atoms with E-state index in [1.54, 1.807) is 44.5 Å². The Morgan fingerprint density at radius 1 is 0.442 bits per heavy atom. The Morgan fingerprint density at radius 3 is 1.12 bits per heavy atom. The molecule has 0 heterocycles. The van der Waals surface area contributed by atoms with Gasteiger partial charge in [-0.2, -0.15) is 0 Å². The molecule has 4 aliphatic rings. The van der Waals surface area contributed by atoms with E-state index in [1.165, 1.54) is 11.1 Å². The van der Waals surface area contributed by atoms with Crippen LogP contribution in [0, 0.1) is 11.8 Å². The molecule has 0 saturated carbocycles. The van der Waals surface area contributed by atoms with Crippen molar-refractivity contribution in [2.24, 2.45) is 11.8 Å². The van der Waals surface area contributed by atoms with Gasteiger partial charge in [-0.15, -0.1) is 0 Å². The monoisotopic (exact) mass is 912 g/mol. The largest absolute Gasteiger partial charge is 1.00 e. The van der Waals surface area contributed by atoms with Gasteiger partial charge in [0.2, 0.25) is 0 Å². The van der Waals surface area contributed by atoms with Crippen LogP contribution in [0.4, 0.5) is 0 Å². The summed E-state index contributed by atoms with van der Waals surface area (Å²) in [4.78, 5) is 0. The van der Waals surface area contributed by atoms with Crippen molar-refractivity contribution < 1.29 is 66.6 Å². The summed E-state index contributed by atoms with van der Waals surface area (Å²) in [6, 6.07) is 36.7. The van der Waals surface area contributed by atoms with Crippen molar-refractivity contribution in [2.75, 3.05) is 0 Å². The van der Waals surface area contributed by atoms with E-state index >= 15 is 0 Å². The zero-order chi connectivity index (χ0) is 35.1. The first-order chi connectivity index (χ1) is 24.2. The Balaban J connectivity index is 0.000000194. The van der Waals surface area contributed by atoms with Crippen molar-refractivity contribution in [2.45, 2.75) is 68.4 Å². The van der Waals surface area contributed by atoms with Crippen LogP contribution in [0.25, 0.3) is 23.3 Å². The van der Waals surface area contributed by atoms with Crippen LogP contribution in [0.1, 0.15) is 86.7 Å². The molecule has 0 saturated heterocycles. The molecule has 4 aromatic rings. The van der Waals surface area contributed by atoms with Crippen LogP contribution < -0.4 is 24.8 Å². The maximum absolute atomic E-state index is 2.70. The van der Waals surface area contributed by atoms with Crippen LogP contribution in [0.3, 0.4) is 0 Å². The van der Waals surface area contributed by atoms with Gasteiger partial charge in [-0.1, -0.05) is 0 Å². The molecular weight excluding hydrogens is 862 g/mol. The summed E-state index contributed by atoms with van der Waals surface area (Å²) in [5.74, 6) is -0.0919. The number of rotatable bonds is 8. The maximum Gasteiger partial charge on any atom is -1.00 e. The molecule has 8 rings (SSSR count). The average molecular weight is 916 g/mol. The number of fused-ring (bicyclic) bond motifs is 4. The van der Waals surface area contributed by atoms with Gasteiger partial charge in [0.25, 0.3) is 0 Å². The zero-order valence-electron chi connectivity index (χ0n) is 32.1. The fourth-order valence-electron chi connectivity index (χ4n) is 9.24. The van der Waals surface area contributed by atoms with Gasteiger partial charge in [0.15, 0.2) is 0 Å². The summed E-state index contributed by atoms with van der Waals surface area (Å²) in [6.45, 7) is 19.9. The molecule has 0 aliphatic heterocycles. The average Bonchev–Trinajstić information content (AvgIpc) is 3.90. The Hall–Kier alpha value is -1.38. The number of hydrogen-bond donors (Lipinski definition) is 0. The van der Waals surface area contributed by atoms with E-state index in [0.717, 1.165) is 14.5 Å². The molecule has 4 aromatic carbocycles. The number of hydrogen-bond acceptors (Lipinski definition) is 0. The molecule has 0 bridgehead atoms. The van der Waals surface area contributed by atoms with Gasteiger partial charge >= 0.3 is 323 Å². The molecule has 52 heavy (non-hydrogen) atoms. The summed E-state index contributed by atoms with van der Waals surface area (Å²) in [5.41, 5.74) is 15.8. The van der Waals surface area contributed by atoms with E-state index < -0.39 is 53.7 Å². The first-order valence-electron chi connectivity index (χ1n) is 19.0. The van der Waals surface area contributed by atoms with E-state index in [9.17, 15) is 0 Å². The number of allylic oxidation sites excluding steroid dienone is 6. The fourth-order valence-corrected chi connectivity index (χ4v) is 51.4. The summed E-state index contributed by atoms with van der Waals surface area (Å²) in [6.07, 6.45) is 15.3. The van der Waals surface area contributed by atoms with Crippen molar-refractivity contribution in [3.63, 3.8) is 0 Å². The molecule has 0 radical (unpaired) electrons. The third-order valence-corrected chi connectivity index (χ3v) is 54.2. The van der Waals surface area contributed by atoms with Gasteiger partial charge in [0.1, 0.15) is 0 Å². The summed E-state index contributed by atoms with van der Waals surface area (Å²) >= 11 is -3.41. The molecule has 0 fully saturated rings. The minimum Gasteiger partial charge on any atom is -1.00 e. The Labute approximate surface area is 344 Å². The molecule has 0 nitrogen and oxygen atoms in total. The van der Waals surface area contributed by atoms with Gasteiger partial charge in [0, 0.05) is 0 Å². The quantitative estimate of drug-likeness (QED) is 0.182. The predicted molar refractivity (Wildman–Crippen MR) is 218 cm³/mol. The smallest absolute Gasteiger partial charge is 1.00 e. The van der Waals surface area contributed by atoms with Gasteiger partial charge < -0.3 is 24.8 Å². The summed E-state index contributed by atoms with van der Waals surface area (Å²) in [7, 11) is 0. The fraction of sp³-hybridized carbons (Fsp3) is 0.304. The standard InChI is InChI=1S/2C12H13.2C9H7.2C2H7Si.2ClH.2Zr/c2*1-9(2)11-8-7-10-5-3-4-6-12(10)11;2*1-2-5-9-7-3-6-8(9)4-1;2*1-3-2;;;;/h2*3-9H,1-2H3;2*1-7H;2*3H,1-2H3;2*1H;;/q;;;;;;;;2*+1/p-2. The third kappa shape index (κ3) is 8.11. The van der Waals surface area contributed by atoms with E-state index in [-0.39, 0.29) is 24.8 Å². The Morgan fingerprint density at radius 2 is 0.769 bits per heavy atom. The molecule has 0 aromatic heterocycles. The second-order valence-electron chi connectivity index (χ2n) is 15.9. The van der Waals surface area contributed by atoms with Crippen LogP contribution in [-0.4, -0.2) is 11.8 Å². The summed E-state index contributed by atoms with van der Waals surface area (Å²) < 4.78 is 3.07. The van der Waals surface area contributed by atoms with Gasteiger partial charge in [-0.3, -0.25) is 0 Å². The molecule has 4 aliphatic carbocycles. The van der Waals surface area contributed by atoms with E-state index in [0.29, 0.717) is 11.8 Å². The van der Waals surface area contributed by atoms with Crippen molar-refractivity contribution in [3.05, 3.63) is 166 Å². The van der Waals surface area contributed by atoms with Crippen LogP contribution in [0.2, 0.25) is 26.2 Å². The second-order valence-corrected chi connectivity index (χ2v) is 56.5. The number of halogens is 2. The SMILES string of the molecule is CC(C)C1=C[CH]([Zr+]([CH]2C=Cc3ccccc32)[SiH](C)C)c2ccccc21.CC(C)C1=C[CH]([Zr+]([CH]2C=Cc3ccccc32)[SiH](C)C)c2ccccc21.[Cl-].[Cl-]. The van der Waals surface area contributed by atoms with Gasteiger partial charge in [0.05, 0.1) is 0 Å². The molecule has 0 spiro atoms. The minimum atomic E-state index is -1.71. The van der Waals surface area contributed by atoms with E-state index in [4.69, 9.17) is 0 Å². The van der Waals surface area contributed by atoms with E-state index in [2.05, 4.69) is 187 Å². The molecule has 4 atom stereocenters. The van der Waals surface area contributed by atoms with Crippen molar-refractivity contribution >= 4 is 35.1 Å². The van der Waals surface area contributed by atoms with Crippen LogP contribution in [-0.2, 0) is 41.8 Å². The van der Waals surface area contributed by atoms with Crippen LogP contribution in [0.15, 0.2) is 121 Å². The Bertz CT molecular complexity index is 1850. The van der Waals surface area contributed by atoms with Gasteiger partial charge in [-0.05, 0) is 0 Å². The second kappa shape index (κ2) is 18.0. The molecule has 268 valence electrons. The van der Waals surface area contributed by atoms with Crippen LogP contribution in [0.5, 0.6) is 0 Å². The maximum atomic E-state index is 2.70. The van der Waals surface area contributed by atoms with Crippen molar-refractivity contribution in [1.82, 2.24) is 0 Å². The van der Waals surface area contributed by atoms with Crippen molar-refractivity contribution in [3.8, 4) is 0 Å². The Kier molecular flexibility index (Phi) is 14.5. The summed E-state index contributed by atoms with van der Waals surface area (Å²) in [5, 5.41) is 0. The molecule has 6 heteroatoms. The molecule has 0 amide bonds. The van der Waals surface area contributed by atoms with Crippen LogP contribution >= 0.6 is 0 Å².